The lowest BCUT2D eigenvalue weighted by Gasteiger charge is -2.04. The Bertz CT molecular complexity index is 392. The Morgan fingerprint density at radius 3 is 3.08 bits per heavy atom. The van der Waals surface area contributed by atoms with Crippen molar-refractivity contribution in [2.24, 2.45) is 0 Å². The van der Waals surface area contributed by atoms with E-state index in [1.54, 1.807) is 13.1 Å². The van der Waals surface area contributed by atoms with Crippen molar-refractivity contribution in [1.82, 2.24) is 9.38 Å². The minimum Gasteiger partial charge on any atom is -0.389 e. The lowest BCUT2D eigenvalue weighted by molar-refractivity contribution is 0.200. The van der Waals surface area contributed by atoms with Crippen LogP contribution in [0.1, 0.15) is 18.6 Å². The largest absolute Gasteiger partial charge is 0.389 e. The molecular formula is C9H10N2O. The van der Waals surface area contributed by atoms with Gasteiger partial charge in [0.15, 0.2) is 0 Å². The molecule has 2 aromatic heterocycles. The second-order valence-electron chi connectivity index (χ2n) is 2.80. The van der Waals surface area contributed by atoms with E-state index in [1.807, 2.05) is 28.9 Å². The Hall–Kier alpha value is -1.35. The van der Waals surface area contributed by atoms with Crippen LogP contribution in [0.2, 0.25) is 0 Å². The first-order chi connectivity index (χ1) is 5.79. The van der Waals surface area contributed by atoms with Crippen molar-refractivity contribution in [2.75, 3.05) is 0 Å². The molecule has 0 aromatic carbocycles. The van der Waals surface area contributed by atoms with Gasteiger partial charge in [-0.3, -0.25) is 0 Å². The van der Waals surface area contributed by atoms with E-state index >= 15 is 0 Å². The van der Waals surface area contributed by atoms with Crippen molar-refractivity contribution in [3.05, 3.63) is 36.3 Å². The van der Waals surface area contributed by atoms with Gasteiger partial charge in [-0.05, 0) is 13.0 Å². The van der Waals surface area contributed by atoms with Gasteiger partial charge in [-0.2, -0.15) is 0 Å². The van der Waals surface area contributed by atoms with E-state index in [0.29, 0.717) is 0 Å². The summed E-state index contributed by atoms with van der Waals surface area (Å²) in [6, 6.07) is 3.78. The highest BCUT2D eigenvalue weighted by Crippen LogP contribution is 2.16. The minimum atomic E-state index is -0.462. The van der Waals surface area contributed by atoms with Crippen LogP contribution >= 0.6 is 0 Å². The molecule has 0 aliphatic rings. The number of imidazole rings is 1. The monoisotopic (exact) mass is 162 g/mol. The lowest BCUT2D eigenvalue weighted by atomic mass is 10.2. The van der Waals surface area contributed by atoms with E-state index in [1.165, 1.54) is 0 Å². The number of pyridine rings is 1. The van der Waals surface area contributed by atoms with Gasteiger partial charge >= 0.3 is 0 Å². The first kappa shape index (κ1) is 7.31. The van der Waals surface area contributed by atoms with Crippen LogP contribution in [0.3, 0.4) is 0 Å². The van der Waals surface area contributed by atoms with Gasteiger partial charge in [0.25, 0.3) is 0 Å². The maximum absolute atomic E-state index is 9.39. The van der Waals surface area contributed by atoms with Crippen molar-refractivity contribution in [1.29, 1.82) is 0 Å². The SMILES string of the molecule is CC(O)c1cccn2ccnc12. The number of aliphatic hydroxyl groups is 1. The molecule has 62 valence electrons. The van der Waals surface area contributed by atoms with Gasteiger partial charge in [0, 0.05) is 24.2 Å². The van der Waals surface area contributed by atoms with E-state index in [-0.39, 0.29) is 0 Å². The smallest absolute Gasteiger partial charge is 0.142 e. The molecule has 0 bridgehead atoms. The van der Waals surface area contributed by atoms with Crippen LogP contribution < -0.4 is 0 Å². The zero-order chi connectivity index (χ0) is 8.55. The average molecular weight is 162 g/mol. The predicted molar refractivity (Wildman–Crippen MR) is 45.8 cm³/mol. The zero-order valence-corrected chi connectivity index (χ0v) is 6.81. The summed E-state index contributed by atoms with van der Waals surface area (Å²) < 4.78 is 1.89. The highest BCUT2D eigenvalue weighted by molar-refractivity contribution is 5.48. The molecule has 0 radical (unpaired) electrons. The molecule has 2 rings (SSSR count). The Labute approximate surface area is 70.3 Å². The standard InChI is InChI=1S/C9H10N2O/c1-7(12)8-3-2-5-11-6-4-10-9(8)11/h2-7,12H,1H3. The van der Waals surface area contributed by atoms with E-state index in [9.17, 15) is 5.11 Å². The topological polar surface area (TPSA) is 37.5 Å². The summed E-state index contributed by atoms with van der Waals surface area (Å²) in [5, 5.41) is 9.39. The number of aromatic nitrogens is 2. The maximum Gasteiger partial charge on any atom is 0.142 e. The Balaban J connectivity index is 2.73. The van der Waals surface area contributed by atoms with Gasteiger partial charge in [-0.25, -0.2) is 4.98 Å². The van der Waals surface area contributed by atoms with Crippen molar-refractivity contribution < 1.29 is 5.11 Å². The number of rotatable bonds is 1. The van der Waals surface area contributed by atoms with Gasteiger partial charge < -0.3 is 9.51 Å². The quantitative estimate of drug-likeness (QED) is 0.688. The molecule has 0 saturated carbocycles. The van der Waals surface area contributed by atoms with Crippen LogP contribution in [-0.4, -0.2) is 14.5 Å². The Morgan fingerprint density at radius 2 is 2.33 bits per heavy atom. The third-order valence-electron chi connectivity index (χ3n) is 1.90. The normalized spacial score (nSPS) is 13.5. The number of fused-ring (bicyclic) bond motifs is 1. The van der Waals surface area contributed by atoms with Gasteiger partial charge in [0.05, 0.1) is 6.10 Å². The third-order valence-corrected chi connectivity index (χ3v) is 1.90. The first-order valence-corrected chi connectivity index (χ1v) is 3.88. The summed E-state index contributed by atoms with van der Waals surface area (Å²) in [6.07, 6.45) is 5.03. The molecule has 0 aliphatic carbocycles. The summed E-state index contributed by atoms with van der Waals surface area (Å²) in [5.41, 5.74) is 1.69. The molecule has 0 aliphatic heterocycles. The lowest BCUT2D eigenvalue weighted by Crippen LogP contribution is -1.95. The molecule has 2 heterocycles. The molecule has 3 nitrogen and oxygen atoms in total. The second kappa shape index (κ2) is 2.60. The Kier molecular flexibility index (Phi) is 1.59. The molecule has 1 unspecified atom stereocenters. The van der Waals surface area contributed by atoms with E-state index in [4.69, 9.17) is 0 Å². The highest BCUT2D eigenvalue weighted by atomic mass is 16.3. The van der Waals surface area contributed by atoms with Crippen LogP contribution in [0, 0.1) is 0 Å². The fourth-order valence-electron chi connectivity index (χ4n) is 1.30. The molecule has 0 spiro atoms. The van der Waals surface area contributed by atoms with Crippen molar-refractivity contribution in [3.8, 4) is 0 Å². The van der Waals surface area contributed by atoms with Crippen molar-refractivity contribution in [2.45, 2.75) is 13.0 Å². The Morgan fingerprint density at radius 1 is 1.50 bits per heavy atom. The van der Waals surface area contributed by atoms with Crippen LogP contribution in [0.5, 0.6) is 0 Å². The summed E-state index contributed by atoms with van der Waals surface area (Å²) in [7, 11) is 0. The molecule has 0 amide bonds. The van der Waals surface area contributed by atoms with E-state index in [2.05, 4.69) is 4.98 Å². The maximum atomic E-state index is 9.39. The van der Waals surface area contributed by atoms with Gasteiger partial charge in [-0.15, -0.1) is 0 Å². The number of hydrogen-bond acceptors (Lipinski definition) is 2. The van der Waals surface area contributed by atoms with Gasteiger partial charge in [-0.1, -0.05) is 6.07 Å². The first-order valence-electron chi connectivity index (χ1n) is 3.88. The molecule has 0 saturated heterocycles. The van der Waals surface area contributed by atoms with E-state index < -0.39 is 6.10 Å². The molecule has 3 heteroatoms. The summed E-state index contributed by atoms with van der Waals surface area (Å²) in [6.45, 7) is 1.74. The molecule has 0 fully saturated rings. The summed E-state index contributed by atoms with van der Waals surface area (Å²) in [5.74, 6) is 0. The molecular weight excluding hydrogens is 152 g/mol. The van der Waals surface area contributed by atoms with Crippen LogP contribution in [0.15, 0.2) is 30.7 Å². The van der Waals surface area contributed by atoms with Crippen molar-refractivity contribution >= 4 is 5.65 Å². The van der Waals surface area contributed by atoms with Crippen LogP contribution in [-0.2, 0) is 0 Å². The van der Waals surface area contributed by atoms with Gasteiger partial charge in [0.1, 0.15) is 5.65 Å². The van der Waals surface area contributed by atoms with Gasteiger partial charge in [0.2, 0.25) is 0 Å². The highest BCUT2D eigenvalue weighted by Gasteiger charge is 2.05. The third kappa shape index (κ3) is 0.987. The predicted octanol–water partition coefficient (Wildman–Crippen LogP) is 1.39. The fraction of sp³-hybridized carbons (Fsp3) is 0.222. The fourth-order valence-corrected chi connectivity index (χ4v) is 1.30. The number of aliphatic hydroxyl groups excluding tert-OH is 1. The second-order valence-corrected chi connectivity index (χ2v) is 2.80. The zero-order valence-electron chi connectivity index (χ0n) is 6.81. The van der Waals surface area contributed by atoms with Crippen molar-refractivity contribution in [3.63, 3.8) is 0 Å². The molecule has 1 N–H and O–H groups in total. The average Bonchev–Trinajstić information content (AvgIpc) is 2.49. The van der Waals surface area contributed by atoms with E-state index in [0.717, 1.165) is 11.2 Å². The van der Waals surface area contributed by atoms with Crippen LogP contribution in [0.25, 0.3) is 5.65 Å². The minimum absolute atomic E-state index is 0.462. The number of hydrogen-bond donors (Lipinski definition) is 1. The molecule has 2 aromatic rings. The summed E-state index contributed by atoms with van der Waals surface area (Å²) >= 11 is 0. The molecule has 12 heavy (non-hydrogen) atoms. The summed E-state index contributed by atoms with van der Waals surface area (Å²) in [4.78, 5) is 4.14. The van der Waals surface area contributed by atoms with Crippen LogP contribution in [0.4, 0.5) is 0 Å². The molecule has 1 atom stereocenters. The number of nitrogens with zero attached hydrogens (tertiary/aromatic N) is 2.